The number of nitrogens with zero attached hydrogens (tertiary/aromatic N) is 4. The number of hydrogen-bond acceptors (Lipinski definition) is 8. The maximum Gasteiger partial charge on any atom is 0.321 e. The number of pyridine rings is 1. The topological polar surface area (TPSA) is 150 Å². The number of carbonyl (C=O) groups is 3. The number of amides is 4. The van der Waals surface area contributed by atoms with E-state index in [1.807, 2.05) is 6.92 Å². The van der Waals surface area contributed by atoms with Crippen LogP contribution in [0.15, 0.2) is 47.2 Å². The molecule has 0 saturated heterocycles. The van der Waals surface area contributed by atoms with E-state index in [0.717, 1.165) is 0 Å². The molecule has 12 heteroatoms. The summed E-state index contributed by atoms with van der Waals surface area (Å²) in [6, 6.07) is 7.21. The lowest BCUT2D eigenvalue weighted by Crippen LogP contribution is -2.50. The Kier molecular flexibility index (Phi) is 8.68. The lowest BCUT2D eigenvalue weighted by atomic mass is 9.99. The number of rotatable bonds is 7. The minimum absolute atomic E-state index is 0.188. The molecule has 0 aliphatic carbocycles. The molecule has 0 fully saturated rings. The third-order valence-corrected chi connectivity index (χ3v) is 6.93. The van der Waals surface area contributed by atoms with Crippen LogP contribution in [0.5, 0.6) is 5.75 Å². The fraction of sp³-hybridized carbons (Fsp3) is 0.393. The number of aryl methyl sites for hydroxylation is 2. The Morgan fingerprint density at radius 3 is 2.58 bits per heavy atom. The van der Waals surface area contributed by atoms with Crippen LogP contribution in [0.3, 0.4) is 0 Å². The van der Waals surface area contributed by atoms with E-state index in [4.69, 9.17) is 9.26 Å². The predicted octanol–water partition coefficient (Wildman–Crippen LogP) is 3.32. The van der Waals surface area contributed by atoms with Crippen LogP contribution in [-0.4, -0.2) is 81.8 Å². The average molecular weight is 551 g/mol. The van der Waals surface area contributed by atoms with Crippen LogP contribution in [0.4, 0.5) is 16.2 Å². The number of hydrogen-bond donors (Lipinski definition) is 3. The van der Waals surface area contributed by atoms with E-state index in [9.17, 15) is 19.5 Å². The molecule has 2 aromatic heterocycles. The Morgan fingerprint density at radius 2 is 1.93 bits per heavy atom. The van der Waals surface area contributed by atoms with Crippen LogP contribution in [0.1, 0.15) is 46.0 Å². The summed E-state index contributed by atoms with van der Waals surface area (Å²) in [5, 5.41) is 19.4. The number of anilines is 2. The summed E-state index contributed by atoms with van der Waals surface area (Å²) in [5.41, 5.74) is 2.17. The highest BCUT2D eigenvalue weighted by atomic mass is 16.5. The summed E-state index contributed by atoms with van der Waals surface area (Å²) >= 11 is 0. The van der Waals surface area contributed by atoms with E-state index in [2.05, 4.69) is 20.8 Å². The third-order valence-electron chi connectivity index (χ3n) is 6.93. The number of aliphatic hydroxyl groups is 1. The highest BCUT2D eigenvalue weighted by Gasteiger charge is 2.34. The number of aromatic nitrogens is 2. The Hall–Kier alpha value is -4.45. The zero-order valence-corrected chi connectivity index (χ0v) is 23.2. The van der Waals surface area contributed by atoms with Gasteiger partial charge in [0.15, 0.2) is 5.76 Å². The van der Waals surface area contributed by atoms with Crippen molar-refractivity contribution < 1.29 is 28.8 Å². The normalized spacial score (nSPS) is 17.6. The molecule has 3 aromatic rings. The van der Waals surface area contributed by atoms with E-state index in [0.29, 0.717) is 34.1 Å². The van der Waals surface area contributed by atoms with Gasteiger partial charge in [0.05, 0.1) is 24.8 Å². The number of urea groups is 1. The highest BCUT2D eigenvalue weighted by molar-refractivity contribution is 6.05. The van der Waals surface area contributed by atoms with Crippen molar-refractivity contribution in [3.63, 3.8) is 0 Å². The zero-order chi connectivity index (χ0) is 29.0. The van der Waals surface area contributed by atoms with Gasteiger partial charge in [-0.15, -0.1) is 0 Å². The molecule has 1 aromatic carbocycles. The van der Waals surface area contributed by atoms with Crippen LogP contribution in [0.25, 0.3) is 0 Å². The number of likely N-dealkylation sites (N-methyl/N-ethyl adjacent to an activating group) is 1. The van der Waals surface area contributed by atoms with Crippen molar-refractivity contribution >= 4 is 29.2 Å². The molecule has 0 unspecified atom stereocenters. The lowest BCUT2D eigenvalue weighted by molar-refractivity contribution is 0.0371. The zero-order valence-electron chi connectivity index (χ0n) is 23.2. The Morgan fingerprint density at radius 1 is 1.20 bits per heavy atom. The number of nitrogens with one attached hydrogen (secondary N) is 2. The smallest absolute Gasteiger partial charge is 0.321 e. The molecule has 12 nitrogen and oxygen atoms in total. The van der Waals surface area contributed by atoms with Crippen molar-refractivity contribution in [3.05, 3.63) is 65.3 Å². The molecule has 40 heavy (non-hydrogen) atoms. The molecular weight excluding hydrogens is 516 g/mol. The number of carbonyl (C=O) groups excluding carboxylic acids is 3. The second-order valence-corrected chi connectivity index (χ2v) is 10.0. The predicted molar refractivity (Wildman–Crippen MR) is 147 cm³/mol. The van der Waals surface area contributed by atoms with Gasteiger partial charge in [0, 0.05) is 43.2 Å². The number of fused-ring (bicyclic) bond motifs is 1. The molecule has 0 radical (unpaired) electrons. The maximum absolute atomic E-state index is 13.6. The second-order valence-electron chi connectivity index (χ2n) is 10.0. The summed E-state index contributed by atoms with van der Waals surface area (Å²) in [7, 11) is 1.65. The molecule has 3 N–H and O–H groups in total. The number of aliphatic hydroxyl groups excluding tert-OH is 1. The Bertz CT molecular complexity index is 1360. The lowest BCUT2D eigenvalue weighted by Gasteiger charge is -2.38. The third kappa shape index (κ3) is 6.23. The second kappa shape index (κ2) is 12.2. The average Bonchev–Trinajstić information content (AvgIpc) is 3.27. The van der Waals surface area contributed by atoms with Gasteiger partial charge in [-0.05, 0) is 51.1 Å². The molecule has 0 saturated carbocycles. The molecule has 212 valence electrons. The molecule has 3 heterocycles. The number of benzene rings is 1. The van der Waals surface area contributed by atoms with Gasteiger partial charge in [-0.2, -0.15) is 0 Å². The first-order valence-electron chi connectivity index (χ1n) is 13.0. The van der Waals surface area contributed by atoms with Crippen LogP contribution in [0, 0.1) is 19.8 Å². The fourth-order valence-corrected chi connectivity index (χ4v) is 4.44. The standard InChI is InChI=1S/C28H34N6O6/c1-16-13-34(17(2)15-35)27(37)22-12-21(30-26(36)20-8-10-29-11-9-20)6-7-23(22)39-24(16)14-33(5)28(38)31-25-18(3)32-40-19(25)4/h6-12,16-17,24,35H,13-15H2,1-5H3,(H,30,36)(H,31,38)/t16-,17+,24+/m0/s1. The minimum Gasteiger partial charge on any atom is -0.487 e. The molecule has 3 atom stereocenters. The number of ether oxygens (including phenoxy) is 1. The van der Waals surface area contributed by atoms with Crippen LogP contribution in [0.2, 0.25) is 0 Å². The molecule has 1 aliphatic heterocycles. The van der Waals surface area contributed by atoms with Crippen molar-refractivity contribution in [2.75, 3.05) is 37.4 Å². The SMILES string of the molecule is Cc1noc(C)c1NC(=O)N(C)C[C@H]1Oc2ccc(NC(=O)c3ccncc3)cc2C(=O)N([C@H](C)CO)C[C@@H]1C. The largest absolute Gasteiger partial charge is 0.487 e. The molecular formula is C28H34N6O6. The monoisotopic (exact) mass is 550 g/mol. The van der Waals surface area contributed by atoms with Gasteiger partial charge in [-0.1, -0.05) is 12.1 Å². The molecule has 4 amide bonds. The van der Waals surface area contributed by atoms with Gasteiger partial charge in [0.1, 0.15) is 23.2 Å². The quantitative estimate of drug-likeness (QED) is 0.405. The van der Waals surface area contributed by atoms with Gasteiger partial charge in [0.25, 0.3) is 11.8 Å². The summed E-state index contributed by atoms with van der Waals surface area (Å²) in [6.45, 7) is 7.43. The molecule has 1 aliphatic rings. The minimum atomic E-state index is -0.488. The van der Waals surface area contributed by atoms with Crippen molar-refractivity contribution in [3.8, 4) is 5.75 Å². The van der Waals surface area contributed by atoms with E-state index in [-0.39, 0.29) is 49.0 Å². The summed E-state index contributed by atoms with van der Waals surface area (Å²) in [6.07, 6.45) is 2.56. The van der Waals surface area contributed by atoms with Crippen molar-refractivity contribution in [2.24, 2.45) is 5.92 Å². The van der Waals surface area contributed by atoms with E-state index >= 15 is 0 Å². The molecule has 0 spiro atoms. The van der Waals surface area contributed by atoms with Gasteiger partial charge in [-0.3, -0.25) is 14.6 Å². The van der Waals surface area contributed by atoms with E-state index in [1.165, 1.54) is 17.3 Å². The fourth-order valence-electron chi connectivity index (χ4n) is 4.44. The van der Waals surface area contributed by atoms with Gasteiger partial charge >= 0.3 is 6.03 Å². The van der Waals surface area contributed by atoms with Crippen LogP contribution >= 0.6 is 0 Å². The Labute approximate surface area is 232 Å². The molecule has 0 bridgehead atoms. The van der Waals surface area contributed by atoms with Crippen molar-refractivity contribution in [1.29, 1.82) is 0 Å². The molecule has 4 rings (SSSR count). The first-order chi connectivity index (χ1) is 19.1. The first kappa shape index (κ1) is 28.6. The first-order valence-corrected chi connectivity index (χ1v) is 13.0. The van der Waals surface area contributed by atoms with E-state index < -0.39 is 12.1 Å². The van der Waals surface area contributed by atoms with Crippen molar-refractivity contribution in [1.82, 2.24) is 19.9 Å². The van der Waals surface area contributed by atoms with Crippen LogP contribution < -0.4 is 15.4 Å². The summed E-state index contributed by atoms with van der Waals surface area (Å²) in [4.78, 5) is 46.3. The van der Waals surface area contributed by atoms with Crippen LogP contribution in [-0.2, 0) is 0 Å². The summed E-state index contributed by atoms with van der Waals surface area (Å²) < 4.78 is 11.5. The van der Waals surface area contributed by atoms with Gasteiger partial charge in [-0.25, -0.2) is 4.79 Å². The summed E-state index contributed by atoms with van der Waals surface area (Å²) in [5.74, 6) is -0.0433. The highest BCUT2D eigenvalue weighted by Crippen LogP contribution is 2.31. The van der Waals surface area contributed by atoms with Gasteiger partial charge < -0.3 is 34.8 Å². The van der Waals surface area contributed by atoms with Gasteiger partial charge in [0.2, 0.25) is 0 Å². The van der Waals surface area contributed by atoms with Crippen molar-refractivity contribution in [2.45, 2.75) is 39.8 Å². The Balaban J connectivity index is 1.59. The maximum atomic E-state index is 13.6. The van der Waals surface area contributed by atoms with E-state index in [1.54, 1.807) is 63.1 Å².